The Bertz CT molecular complexity index is 944. The topological polar surface area (TPSA) is 95.1 Å². The number of ether oxygens (including phenoxy) is 1. The SMILES string of the molecule is CCC[C@H](NC(=O)CSc1nnc(-c2ccc(OCC)cc2)n1N)c1ccccc1. The van der Waals surface area contributed by atoms with Gasteiger partial charge in [-0.25, -0.2) is 4.68 Å². The number of thioether (sulfide) groups is 1. The van der Waals surface area contributed by atoms with E-state index >= 15 is 0 Å². The third kappa shape index (κ3) is 5.54. The number of amides is 1. The van der Waals surface area contributed by atoms with Crippen molar-refractivity contribution in [1.82, 2.24) is 20.2 Å². The van der Waals surface area contributed by atoms with Gasteiger partial charge in [0, 0.05) is 5.56 Å². The molecule has 0 aliphatic rings. The van der Waals surface area contributed by atoms with Gasteiger partial charge in [-0.05, 0) is 43.2 Å². The van der Waals surface area contributed by atoms with E-state index in [1.165, 1.54) is 16.4 Å². The molecule has 1 aromatic heterocycles. The predicted octanol–water partition coefficient (Wildman–Crippen LogP) is 3.81. The van der Waals surface area contributed by atoms with E-state index in [2.05, 4.69) is 22.4 Å². The van der Waals surface area contributed by atoms with Crippen LogP contribution in [-0.4, -0.2) is 33.1 Å². The Morgan fingerprint density at radius 2 is 1.87 bits per heavy atom. The number of benzene rings is 2. The first kappa shape index (κ1) is 21.7. The van der Waals surface area contributed by atoms with Crippen molar-refractivity contribution in [2.24, 2.45) is 0 Å². The van der Waals surface area contributed by atoms with Crippen molar-refractivity contribution in [3.8, 4) is 17.1 Å². The first-order chi connectivity index (χ1) is 14.6. The highest BCUT2D eigenvalue weighted by molar-refractivity contribution is 7.99. The summed E-state index contributed by atoms with van der Waals surface area (Å²) in [5.74, 6) is 7.64. The van der Waals surface area contributed by atoms with Gasteiger partial charge in [-0.1, -0.05) is 55.4 Å². The fraction of sp³-hybridized carbons (Fsp3) is 0.318. The van der Waals surface area contributed by atoms with E-state index in [1.807, 2.05) is 61.5 Å². The molecular formula is C22H27N5O2S. The van der Waals surface area contributed by atoms with Gasteiger partial charge in [0.15, 0.2) is 5.82 Å². The first-order valence-electron chi connectivity index (χ1n) is 10.0. The average Bonchev–Trinajstić information content (AvgIpc) is 3.14. The van der Waals surface area contributed by atoms with Gasteiger partial charge in [0.2, 0.25) is 11.1 Å². The van der Waals surface area contributed by atoms with Gasteiger partial charge in [0.1, 0.15) is 5.75 Å². The quantitative estimate of drug-likeness (QED) is 0.379. The Morgan fingerprint density at radius 1 is 1.13 bits per heavy atom. The molecule has 0 spiro atoms. The number of nitrogens with one attached hydrogen (secondary N) is 1. The lowest BCUT2D eigenvalue weighted by Crippen LogP contribution is -2.30. The molecule has 0 aliphatic carbocycles. The number of hydrogen-bond donors (Lipinski definition) is 2. The van der Waals surface area contributed by atoms with E-state index in [4.69, 9.17) is 10.6 Å². The number of carbonyl (C=O) groups is 1. The number of rotatable bonds is 10. The predicted molar refractivity (Wildman–Crippen MR) is 120 cm³/mol. The summed E-state index contributed by atoms with van der Waals surface area (Å²) in [6.45, 7) is 4.66. The molecule has 8 heteroatoms. The third-order valence-electron chi connectivity index (χ3n) is 4.53. The number of hydrogen-bond acceptors (Lipinski definition) is 6. The second-order valence-corrected chi connectivity index (χ2v) is 7.68. The molecule has 0 fully saturated rings. The van der Waals surface area contributed by atoms with Crippen LogP contribution in [0.2, 0.25) is 0 Å². The number of carbonyl (C=O) groups excluding carboxylic acids is 1. The summed E-state index contributed by atoms with van der Waals surface area (Å²) in [6.07, 6.45) is 1.87. The zero-order valence-corrected chi connectivity index (χ0v) is 18.1. The number of nitrogens with two attached hydrogens (primary N) is 1. The zero-order chi connectivity index (χ0) is 21.3. The van der Waals surface area contributed by atoms with Crippen LogP contribution in [-0.2, 0) is 4.79 Å². The summed E-state index contributed by atoms with van der Waals surface area (Å²) in [5.41, 5.74) is 1.94. The van der Waals surface area contributed by atoms with E-state index in [0.717, 1.165) is 29.7 Å². The lowest BCUT2D eigenvalue weighted by molar-refractivity contribution is -0.119. The van der Waals surface area contributed by atoms with E-state index in [-0.39, 0.29) is 17.7 Å². The summed E-state index contributed by atoms with van der Waals surface area (Å²) in [5, 5.41) is 11.9. The van der Waals surface area contributed by atoms with Crippen molar-refractivity contribution in [2.75, 3.05) is 18.2 Å². The van der Waals surface area contributed by atoms with Crippen LogP contribution < -0.4 is 15.9 Å². The molecule has 0 unspecified atom stereocenters. The first-order valence-corrected chi connectivity index (χ1v) is 11.0. The normalized spacial score (nSPS) is 11.8. The second-order valence-electron chi connectivity index (χ2n) is 6.74. The van der Waals surface area contributed by atoms with Crippen LogP contribution in [0.3, 0.4) is 0 Å². The van der Waals surface area contributed by atoms with Crippen molar-refractivity contribution < 1.29 is 9.53 Å². The van der Waals surface area contributed by atoms with Crippen molar-refractivity contribution >= 4 is 17.7 Å². The van der Waals surface area contributed by atoms with Gasteiger partial charge in [0.05, 0.1) is 18.4 Å². The summed E-state index contributed by atoms with van der Waals surface area (Å²) in [6, 6.07) is 17.5. The molecule has 1 atom stereocenters. The van der Waals surface area contributed by atoms with Crippen molar-refractivity contribution in [3.63, 3.8) is 0 Å². The van der Waals surface area contributed by atoms with Crippen LogP contribution in [0.5, 0.6) is 5.75 Å². The van der Waals surface area contributed by atoms with Gasteiger partial charge < -0.3 is 15.9 Å². The molecule has 2 aromatic carbocycles. The van der Waals surface area contributed by atoms with Crippen molar-refractivity contribution in [2.45, 2.75) is 37.9 Å². The molecule has 3 aromatic rings. The van der Waals surface area contributed by atoms with Crippen LogP contribution in [0.4, 0.5) is 0 Å². The van der Waals surface area contributed by atoms with Gasteiger partial charge in [-0.2, -0.15) is 0 Å². The molecule has 158 valence electrons. The van der Waals surface area contributed by atoms with Crippen LogP contribution in [0.1, 0.15) is 38.3 Å². The number of nitrogens with zero attached hydrogens (tertiary/aromatic N) is 3. The Morgan fingerprint density at radius 3 is 2.53 bits per heavy atom. The smallest absolute Gasteiger partial charge is 0.230 e. The fourth-order valence-electron chi connectivity index (χ4n) is 3.10. The summed E-state index contributed by atoms with van der Waals surface area (Å²) in [4.78, 5) is 12.5. The maximum absolute atomic E-state index is 12.5. The number of nitrogen functional groups attached to an aromatic ring is 1. The molecule has 3 N–H and O–H groups in total. The second kappa shape index (κ2) is 10.7. The largest absolute Gasteiger partial charge is 0.494 e. The van der Waals surface area contributed by atoms with E-state index in [9.17, 15) is 4.79 Å². The molecule has 0 bridgehead atoms. The Hall–Kier alpha value is -3.00. The van der Waals surface area contributed by atoms with Crippen molar-refractivity contribution in [3.05, 3.63) is 60.2 Å². The molecule has 0 radical (unpaired) electrons. The molecule has 1 heterocycles. The molecular weight excluding hydrogens is 398 g/mol. The fourth-order valence-corrected chi connectivity index (χ4v) is 3.77. The lowest BCUT2D eigenvalue weighted by Gasteiger charge is -2.18. The average molecular weight is 426 g/mol. The minimum atomic E-state index is -0.0621. The van der Waals surface area contributed by atoms with Gasteiger partial charge >= 0.3 is 0 Å². The Kier molecular flexibility index (Phi) is 7.73. The van der Waals surface area contributed by atoms with Crippen molar-refractivity contribution in [1.29, 1.82) is 0 Å². The summed E-state index contributed by atoms with van der Waals surface area (Å²) in [7, 11) is 0. The van der Waals surface area contributed by atoms with Gasteiger partial charge in [-0.3, -0.25) is 4.79 Å². The lowest BCUT2D eigenvalue weighted by atomic mass is 10.0. The Balaban J connectivity index is 1.61. The molecule has 0 aliphatic heterocycles. The standard InChI is InChI=1S/C22H27N5O2S/c1-3-8-19(16-9-6-5-7-10-16)24-20(28)15-30-22-26-25-21(27(22)23)17-11-13-18(14-12-17)29-4-2/h5-7,9-14,19H,3-4,8,15,23H2,1-2H3,(H,24,28)/t19-/m0/s1. The minimum Gasteiger partial charge on any atom is -0.494 e. The number of aromatic nitrogens is 3. The third-order valence-corrected chi connectivity index (χ3v) is 5.48. The molecule has 1 amide bonds. The van der Waals surface area contributed by atoms with Crippen LogP contribution >= 0.6 is 11.8 Å². The highest BCUT2D eigenvalue weighted by Crippen LogP contribution is 2.24. The maximum atomic E-state index is 12.5. The highest BCUT2D eigenvalue weighted by Gasteiger charge is 2.17. The summed E-state index contributed by atoms with van der Waals surface area (Å²) >= 11 is 1.26. The van der Waals surface area contributed by atoms with Gasteiger partial charge in [-0.15, -0.1) is 10.2 Å². The monoisotopic (exact) mass is 425 g/mol. The van der Waals surface area contributed by atoms with Gasteiger partial charge in [0.25, 0.3) is 0 Å². The molecule has 3 rings (SSSR count). The van der Waals surface area contributed by atoms with Crippen LogP contribution in [0.25, 0.3) is 11.4 Å². The van der Waals surface area contributed by atoms with E-state index in [0.29, 0.717) is 17.6 Å². The molecule has 0 saturated carbocycles. The highest BCUT2D eigenvalue weighted by atomic mass is 32.2. The van der Waals surface area contributed by atoms with E-state index < -0.39 is 0 Å². The maximum Gasteiger partial charge on any atom is 0.230 e. The Labute approximate surface area is 181 Å². The molecule has 30 heavy (non-hydrogen) atoms. The zero-order valence-electron chi connectivity index (χ0n) is 17.2. The van der Waals surface area contributed by atoms with Crippen LogP contribution in [0, 0.1) is 0 Å². The van der Waals surface area contributed by atoms with Crippen LogP contribution in [0.15, 0.2) is 59.8 Å². The summed E-state index contributed by atoms with van der Waals surface area (Å²) < 4.78 is 6.87. The molecule has 7 nitrogen and oxygen atoms in total. The van der Waals surface area contributed by atoms with E-state index in [1.54, 1.807) is 0 Å². The minimum absolute atomic E-state index is 0.000498. The molecule has 0 saturated heterocycles.